The minimum absolute atomic E-state index is 0.0385. The van der Waals surface area contributed by atoms with Crippen LogP contribution in [-0.4, -0.2) is 122 Å². The smallest absolute Gasteiger partial charge is 0.335 e. The number of carboxylic acids is 1. The van der Waals surface area contributed by atoms with Crippen LogP contribution in [0.3, 0.4) is 0 Å². The van der Waals surface area contributed by atoms with Crippen LogP contribution in [-0.2, 0) is 38.0 Å². The minimum atomic E-state index is -1.96. The molecule has 0 aromatic rings. The molecule has 13 heteroatoms. The Morgan fingerprint density at radius 3 is 2.52 bits per heavy atom. The first-order valence-corrected chi connectivity index (χ1v) is 22.1. The fourth-order valence-electron chi connectivity index (χ4n) is 10.9. The van der Waals surface area contributed by atoms with Gasteiger partial charge in [0.1, 0.15) is 24.4 Å². The summed E-state index contributed by atoms with van der Waals surface area (Å²) in [4.78, 5) is 11.6. The van der Waals surface area contributed by atoms with Gasteiger partial charge in [-0.15, -0.1) is 0 Å². The molecule has 13 nitrogen and oxygen atoms in total. The highest BCUT2D eigenvalue weighted by Gasteiger charge is 2.55. The van der Waals surface area contributed by atoms with Crippen LogP contribution in [0.5, 0.6) is 0 Å². The van der Waals surface area contributed by atoms with Crippen molar-refractivity contribution in [3.63, 3.8) is 0 Å². The third kappa shape index (κ3) is 8.93. The summed E-state index contributed by atoms with van der Waals surface area (Å²) in [5, 5.41) is 54.1. The van der Waals surface area contributed by atoms with Crippen molar-refractivity contribution in [2.45, 2.75) is 209 Å². The van der Waals surface area contributed by atoms with E-state index in [1.54, 1.807) is 6.08 Å². The van der Waals surface area contributed by atoms with Crippen LogP contribution in [0.2, 0.25) is 0 Å². The highest BCUT2D eigenvalue weighted by Crippen LogP contribution is 2.48. The number of aliphatic carboxylic acids is 1. The number of carbonyl (C=O) groups is 1. The highest BCUT2D eigenvalue weighted by atomic mass is 16.7. The molecule has 18 atom stereocenters. The van der Waals surface area contributed by atoms with E-state index in [1.165, 1.54) is 6.92 Å². The van der Waals surface area contributed by atoms with Crippen molar-refractivity contribution in [2.24, 2.45) is 23.7 Å². The maximum atomic E-state index is 11.6. The van der Waals surface area contributed by atoms with Gasteiger partial charge >= 0.3 is 5.97 Å². The van der Waals surface area contributed by atoms with Gasteiger partial charge in [-0.2, -0.15) is 0 Å². The second-order valence-electron chi connectivity index (χ2n) is 19.4. The summed E-state index contributed by atoms with van der Waals surface area (Å²) >= 11 is 0. The summed E-state index contributed by atoms with van der Waals surface area (Å²) < 4.78 is 45.5. The molecule has 0 amide bonds. The topological polar surface area (TPSA) is 183 Å². The molecular weight excluding hydrogens is 748 g/mol. The Labute approximate surface area is 344 Å². The first-order valence-electron chi connectivity index (χ1n) is 22.1. The Hall–Kier alpha value is -1.75. The molecule has 0 aromatic heterocycles. The first kappa shape index (κ1) is 44.3. The average Bonchev–Trinajstić information content (AvgIpc) is 3.57. The molecule has 328 valence electrons. The molecule has 7 aliphatic rings. The van der Waals surface area contributed by atoms with E-state index >= 15 is 0 Å². The monoisotopic (exact) mass is 818 g/mol. The molecule has 5 N–H and O–H groups in total. The normalized spacial score (nSPS) is 46.1. The zero-order chi connectivity index (χ0) is 41.8. The van der Waals surface area contributed by atoms with Crippen molar-refractivity contribution >= 4 is 5.97 Å². The summed E-state index contributed by atoms with van der Waals surface area (Å²) in [5.74, 6) is -3.56. The average molecular weight is 819 g/mol. The second-order valence-corrected chi connectivity index (χ2v) is 19.4. The predicted octanol–water partition coefficient (Wildman–Crippen LogP) is 5.46. The van der Waals surface area contributed by atoms with E-state index in [4.69, 9.17) is 33.2 Å². The Kier molecular flexibility index (Phi) is 13.1. The number of aliphatic hydroxyl groups is 4. The largest absolute Gasteiger partial charge is 0.479 e. The SMILES string of the molecule is C=C1[C@@H](O)[C@@H]2O[C@]3(CC[C@H](/C=C/[C@@H](C)[C@@H]4CC(C)=C[C@@]5(O[C@H](C[C@@](C)(O)C(=O)O)CC[C@@H]5O)O4)O3)CC[C@H]2O[C@@H]1[C@@H](O)C[C@H](C)[C@H]1O[C@@]2(CC[C@H]1C)OCCC[C@H]2C. The number of rotatable bonds is 10. The van der Waals surface area contributed by atoms with Crippen molar-refractivity contribution in [1.82, 2.24) is 0 Å². The maximum absolute atomic E-state index is 11.6. The van der Waals surface area contributed by atoms with Gasteiger partial charge in [0.05, 0.1) is 43.2 Å². The van der Waals surface area contributed by atoms with E-state index < -0.39 is 71.7 Å². The molecule has 0 bridgehead atoms. The fourth-order valence-corrected chi connectivity index (χ4v) is 10.9. The van der Waals surface area contributed by atoms with Crippen LogP contribution in [0, 0.1) is 23.7 Å². The van der Waals surface area contributed by atoms with Crippen molar-refractivity contribution in [3.05, 3.63) is 36.0 Å². The molecule has 7 rings (SSSR count). The Balaban J connectivity index is 0.922. The number of ether oxygens (including phenoxy) is 7. The van der Waals surface area contributed by atoms with Crippen molar-refractivity contribution in [1.29, 1.82) is 0 Å². The Morgan fingerprint density at radius 2 is 1.78 bits per heavy atom. The summed E-state index contributed by atoms with van der Waals surface area (Å²) in [5.41, 5.74) is -0.554. The van der Waals surface area contributed by atoms with Crippen molar-refractivity contribution in [3.8, 4) is 0 Å². The standard InChI is InChI=1S/C45H70O13/c1-25-21-35(56-45(23-25)36(47)13-12-32(55-45)24-42(7,51)41(49)50)26(2)10-11-31-15-17-43(54-31)18-16-34-40(57-43)37(48)30(6)39(53-34)33(46)22-28(4)38-27(3)14-19-44(58-38)29(5)9-8-20-52-44/h10-11,23,26-29,31-40,46-48,51H,6,8-9,12-22,24H2,1-5,7H3,(H,49,50)/b11-10+/t26-,27-,28+,29-,31+,32+,33+,34-,35+,36+,37-,38+,39+,40-,42-,43-,44-,45-/m1/s1. The summed E-state index contributed by atoms with van der Waals surface area (Å²) in [6.45, 7) is 16.7. The van der Waals surface area contributed by atoms with Crippen molar-refractivity contribution < 1.29 is 63.5 Å². The lowest BCUT2D eigenvalue weighted by atomic mass is 9.78. The van der Waals surface area contributed by atoms with Crippen LogP contribution < -0.4 is 0 Å². The predicted molar refractivity (Wildman–Crippen MR) is 212 cm³/mol. The molecule has 0 radical (unpaired) electrons. The summed E-state index contributed by atoms with van der Waals surface area (Å²) in [6.07, 6.45) is 8.36. The quantitative estimate of drug-likeness (QED) is 0.176. The fraction of sp³-hybridized carbons (Fsp3) is 0.844. The van der Waals surface area contributed by atoms with Gasteiger partial charge in [0, 0.05) is 37.5 Å². The number of hydrogen-bond acceptors (Lipinski definition) is 12. The number of aliphatic hydroxyl groups excluding tert-OH is 3. The van der Waals surface area contributed by atoms with Crippen LogP contribution in [0.25, 0.3) is 0 Å². The third-order valence-corrected chi connectivity index (χ3v) is 14.5. The highest BCUT2D eigenvalue weighted by molar-refractivity contribution is 5.76. The lowest BCUT2D eigenvalue weighted by molar-refractivity contribution is -0.334. The molecule has 0 saturated carbocycles. The van der Waals surface area contributed by atoms with E-state index in [9.17, 15) is 30.3 Å². The van der Waals surface area contributed by atoms with E-state index in [0.717, 1.165) is 44.3 Å². The van der Waals surface area contributed by atoms with Crippen molar-refractivity contribution in [2.75, 3.05) is 6.61 Å². The molecule has 3 spiro atoms. The van der Waals surface area contributed by atoms with Gasteiger partial charge in [-0.3, -0.25) is 0 Å². The van der Waals surface area contributed by atoms with Gasteiger partial charge in [-0.1, -0.05) is 52.0 Å². The molecule has 7 aliphatic heterocycles. The van der Waals surface area contributed by atoms with Gasteiger partial charge in [0.15, 0.2) is 17.2 Å². The zero-order valence-corrected chi connectivity index (χ0v) is 35.4. The van der Waals surface area contributed by atoms with Crippen LogP contribution in [0.4, 0.5) is 0 Å². The van der Waals surface area contributed by atoms with Gasteiger partial charge in [-0.05, 0) is 95.1 Å². The van der Waals surface area contributed by atoms with E-state index in [-0.39, 0.29) is 36.6 Å². The van der Waals surface area contributed by atoms with Crippen LogP contribution in [0.1, 0.15) is 125 Å². The Bertz CT molecular complexity index is 1550. The second kappa shape index (κ2) is 17.2. The molecule has 6 fully saturated rings. The number of fused-ring (bicyclic) bond motifs is 1. The molecule has 6 saturated heterocycles. The number of hydrogen-bond donors (Lipinski definition) is 5. The molecule has 0 aliphatic carbocycles. The van der Waals surface area contributed by atoms with Gasteiger partial charge in [0.25, 0.3) is 0 Å². The van der Waals surface area contributed by atoms with E-state index in [2.05, 4.69) is 33.4 Å². The molecule has 0 unspecified atom stereocenters. The zero-order valence-electron chi connectivity index (χ0n) is 35.4. The molecular formula is C45H70O13. The van der Waals surface area contributed by atoms with Gasteiger partial charge < -0.3 is 58.7 Å². The molecule has 58 heavy (non-hydrogen) atoms. The van der Waals surface area contributed by atoms with Crippen LogP contribution >= 0.6 is 0 Å². The Morgan fingerprint density at radius 1 is 1.02 bits per heavy atom. The lowest BCUT2D eigenvalue weighted by Crippen LogP contribution is -2.60. The van der Waals surface area contributed by atoms with Crippen LogP contribution in [0.15, 0.2) is 36.0 Å². The van der Waals surface area contributed by atoms with E-state index in [1.807, 2.05) is 19.9 Å². The van der Waals surface area contributed by atoms with Gasteiger partial charge in [-0.25, -0.2) is 4.79 Å². The number of carboxylic acid groups (broad SMARTS) is 1. The maximum Gasteiger partial charge on any atom is 0.335 e. The minimum Gasteiger partial charge on any atom is -0.479 e. The summed E-state index contributed by atoms with van der Waals surface area (Å²) in [7, 11) is 0. The first-order chi connectivity index (χ1) is 27.3. The van der Waals surface area contributed by atoms with E-state index in [0.29, 0.717) is 62.4 Å². The molecule has 7 heterocycles. The lowest BCUT2D eigenvalue weighted by Gasteiger charge is -2.51. The molecule has 0 aromatic carbocycles. The third-order valence-electron chi connectivity index (χ3n) is 14.5. The summed E-state index contributed by atoms with van der Waals surface area (Å²) in [6, 6.07) is 0. The van der Waals surface area contributed by atoms with Gasteiger partial charge in [0.2, 0.25) is 5.79 Å².